The van der Waals surface area contributed by atoms with E-state index >= 15 is 0 Å². The number of anilines is 1. The minimum Gasteiger partial charge on any atom is -0.497 e. The summed E-state index contributed by atoms with van der Waals surface area (Å²) in [6.07, 6.45) is -2.89. The van der Waals surface area contributed by atoms with Crippen molar-refractivity contribution in [3.8, 4) is 28.4 Å². The molecule has 0 aliphatic heterocycles. The average molecular weight is 431 g/mol. The van der Waals surface area contributed by atoms with Crippen molar-refractivity contribution in [2.75, 3.05) is 20.0 Å². The van der Waals surface area contributed by atoms with E-state index < -0.39 is 23.0 Å². The fraction of sp³-hybridized carbons (Fsp3) is 0.273. The molecule has 6 nitrogen and oxygen atoms in total. The van der Waals surface area contributed by atoms with Crippen molar-refractivity contribution in [1.29, 1.82) is 0 Å². The Bertz CT molecular complexity index is 1200. The normalized spacial score (nSPS) is 13.2. The van der Waals surface area contributed by atoms with Gasteiger partial charge in [0.2, 0.25) is 0 Å². The van der Waals surface area contributed by atoms with E-state index in [0.717, 1.165) is 28.4 Å². The van der Waals surface area contributed by atoms with E-state index in [-0.39, 0.29) is 5.69 Å². The van der Waals surface area contributed by atoms with Gasteiger partial charge < -0.3 is 15.2 Å². The van der Waals surface area contributed by atoms with E-state index in [1.54, 1.807) is 18.2 Å². The van der Waals surface area contributed by atoms with Crippen LogP contribution in [-0.2, 0) is 19.0 Å². The Morgan fingerprint density at radius 1 is 1.00 bits per heavy atom. The van der Waals surface area contributed by atoms with Crippen LogP contribution in [0.2, 0.25) is 0 Å². The molecule has 0 fully saturated rings. The van der Waals surface area contributed by atoms with E-state index in [9.17, 15) is 18.0 Å². The van der Waals surface area contributed by atoms with Crippen LogP contribution in [0, 0.1) is 0 Å². The predicted molar refractivity (Wildman–Crippen MR) is 110 cm³/mol. The molecule has 162 valence electrons. The lowest BCUT2D eigenvalue weighted by Gasteiger charge is -2.17. The summed E-state index contributed by atoms with van der Waals surface area (Å²) in [5, 5.41) is 4.39. The Labute approximate surface area is 176 Å². The Kier molecular flexibility index (Phi) is 5.12. The zero-order valence-electron chi connectivity index (χ0n) is 16.9. The van der Waals surface area contributed by atoms with E-state index in [0.29, 0.717) is 47.6 Å². The Hall–Kier alpha value is -3.49. The Morgan fingerprint density at radius 3 is 2.26 bits per heavy atom. The van der Waals surface area contributed by atoms with E-state index in [1.165, 1.54) is 14.2 Å². The summed E-state index contributed by atoms with van der Waals surface area (Å²) < 4.78 is 52.5. The minimum absolute atomic E-state index is 0.0989. The fourth-order valence-electron chi connectivity index (χ4n) is 3.88. The highest BCUT2D eigenvalue weighted by molar-refractivity contribution is 5.69. The Morgan fingerprint density at radius 2 is 1.65 bits per heavy atom. The molecule has 0 spiro atoms. The highest BCUT2D eigenvalue weighted by atomic mass is 19.4. The quantitative estimate of drug-likeness (QED) is 0.632. The average Bonchev–Trinajstić information content (AvgIpc) is 3.23. The topological polar surface area (TPSA) is 79.4 Å². The van der Waals surface area contributed by atoms with Gasteiger partial charge >= 0.3 is 6.18 Å². The van der Waals surface area contributed by atoms with Crippen molar-refractivity contribution >= 4 is 5.69 Å². The highest BCUT2D eigenvalue weighted by Crippen LogP contribution is 2.37. The first kappa shape index (κ1) is 20.8. The van der Waals surface area contributed by atoms with Crippen LogP contribution in [0.5, 0.6) is 11.5 Å². The number of ether oxygens (including phenoxy) is 2. The fourth-order valence-corrected chi connectivity index (χ4v) is 3.88. The number of aromatic nitrogens is 2. The van der Waals surface area contributed by atoms with Gasteiger partial charge in [0.1, 0.15) is 11.5 Å². The number of rotatable bonds is 4. The molecule has 0 radical (unpaired) electrons. The molecule has 1 aliphatic carbocycles. The molecular formula is C22H20F3N3O3. The number of nitrogens with zero attached hydrogens (tertiary/aromatic N) is 2. The molecule has 9 heteroatoms. The first-order chi connectivity index (χ1) is 14.7. The summed E-state index contributed by atoms with van der Waals surface area (Å²) >= 11 is 0. The lowest BCUT2D eigenvalue weighted by Crippen LogP contribution is -2.28. The van der Waals surface area contributed by atoms with Gasteiger partial charge in [-0.05, 0) is 55.2 Å². The first-order valence-corrected chi connectivity index (χ1v) is 9.58. The largest absolute Gasteiger partial charge is 0.497 e. The number of hydrogen-bond acceptors (Lipinski definition) is 5. The Balaban J connectivity index is 2.03. The second-order valence-corrected chi connectivity index (χ2v) is 7.25. The number of nitrogen functional groups attached to an aromatic ring is 1. The van der Waals surface area contributed by atoms with Crippen LogP contribution in [0.3, 0.4) is 0 Å². The van der Waals surface area contributed by atoms with Gasteiger partial charge in [0.25, 0.3) is 5.56 Å². The smallest absolute Gasteiger partial charge is 0.418 e. The molecule has 0 atom stereocenters. The molecule has 4 rings (SSSR count). The van der Waals surface area contributed by atoms with Crippen LogP contribution in [0.4, 0.5) is 18.9 Å². The standard InChI is InChI=1S/C22H20F3N3O3/c1-30-14-8-12(9-15(11-14)31-2)20-16-4-3-5-17(16)21(29)28(27-20)19-10-13(26)6-7-18(19)22(23,24)25/h6-11H,3-5,26H2,1-2H3. The van der Waals surface area contributed by atoms with Gasteiger partial charge in [-0.25, -0.2) is 0 Å². The summed E-state index contributed by atoms with van der Waals surface area (Å²) in [4.78, 5) is 13.1. The van der Waals surface area contributed by atoms with E-state index in [4.69, 9.17) is 15.2 Å². The molecule has 0 amide bonds. The summed E-state index contributed by atoms with van der Waals surface area (Å²) in [5.74, 6) is 1.00. The van der Waals surface area contributed by atoms with Crippen LogP contribution in [0.15, 0.2) is 41.2 Å². The number of alkyl halides is 3. The SMILES string of the molecule is COc1cc(OC)cc(-c2nn(-c3cc(N)ccc3C(F)(F)F)c(=O)c3c2CCC3)c1. The summed E-state index contributed by atoms with van der Waals surface area (Å²) in [6.45, 7) is 0. The van der Waals surface area contributed by atoms with E-state index in [1.807, 2.05) is 0 Å². The molecule has 2 aromatic carbocycles. The maximum absolute atomic E-state index is 13.7. The summed E-state index contributed by atoms with van der Waals surface area (Å²) in [6, 6.07) is 8.23. The number of hydrogen-bond donors (Lipinski definition) is 1. The number of nitrogens with two attached hydrogens (primary N) is 1. The molecule has 1 aromatic heterocycles. The molecule has 1 aliphatic rings. The molecule has 0 saturated carbocycles. The van der Waals surface area contributed by atoms with Crippen molar-refractivity contribution in [3.63, 3.8) is 0 Å². The molecule has 0 bridgehead atoms. The van der Waals surface area contributed by atoms with Gasteiger partial charge in [-0.3, -0.25) is 4.79 Å². The third kappa shape index (κ3) is 3.71. The number of benzene rings is 2. The third-order valence-corrected chi connectivity index (χ3v) is 5.33. The summed E-state index contributed by atoms with van der Waals surface area (Å²) in [7, 11) is 3.00. The molecule has 2 N–H and O–H groups in total. The van der Waals surface area contributed by atoms with Gasteiger partial charge in [-0.1, -0.05) is 0 Å². The van der Waals surface area contributed by atoms with Crippen molar-refractivity contribution in [1.82, 2.24) is 9.78 Å². The van der Waals surface area contributed by atoms with Crippen LogP contribution in [0.25, 0.3) is 16.9 Å². The minimum atomic E-state index is -4.68. The van der Waals surface area contributed by atoms with Crippen LogP contribution < -0.4 is 20.8 Å². The van der Waals surface area contributed by atoms with Crippen molar-refractivity contribution in [2.45, 2.75) is 25.4 Å². The van der Waals surface area contributed by atoms with Crippen LogP contribution in [0.1, 0.15) is 23.1 Å². The van der Waals surface area contributed by atoms with E-state index in [2.05, 4.69) is 5.10 Å². The lowest BCUT2D eigenvalue weighted by molar-refractivity contribution is -0.137. The number of methoxy groups -OCH3 is 2. The van der Waals surface area contributed by atoms with Crippen molar-refractivity contribution in [3.05, 3.63) is 63.4 Å². The van der Waals surface area contributed by atoms with Gasteiger partial charge in [-0.15, -0.1) is 0 Å². The number of fused-ring (bicyclic) bond motifs is 1. The van der Waals surface area contributed by atoms with Crippen molar-refractivity contribution in [2.24, 2.45) is 0 Å². The van der Waals surface area contributed by atoms with Gasteiger partial charge in [0.15, 0.2) is 0 Å². The highest BCUT2D eigenvalue weighted by Gasteiger charge is 2.35. The van der Waals surface area contributed by atoms with Gasteiger partial charge in [0.05, 0.1) is 31.2 Å². The molecule has 31 heavy (non-hydrogen) atoms. The predicted octanol–water partition coefficient (Wildman–Crippen LogP) is 4.01. The second-order valence-electron chi connectivity index (χ2n) is 7.25. The third-order valence-electron chi connectivity index (χ3n) is 5.33. The van der Waals surface area contributed by atoms with Crippen LogP contribution >= 0.6 is 0 Å². The molecule has 3 aromatic rings. The van der Waals surface area contributed by atoms with Crippen LogP contribution in [-0.4, -0.2) is 24.0 Å². The maximum atomic E-state index is 13.7. The molecule has 0 unspecified atom stereocenters. The maximum Gasteiger partial charge on any atom is 0.418 e. The summed E-state index contributed by atoms with van der Waals surface area (Å²) in [5.41, 5.74) is 6.09. The molecular weight excluding hydrogens is 411 g/mol. The number of halogens is 3. The zero-order valence-corrected chi connectivity index (χ0v) is 16.9. The first-order valence-electron chi connectivity index (χ1n) is 9.58. The molecule has 1 heterocycles. The molecule has 0 saturated heterocycles. The van der Waals surface area contributed by atoms with Gasteiger partial charge in [0, 0.05) is 22.9 Å². The zero-order chi connectivity index (χ0) is 22.3. The second kappa shape index (κ2) is 7.64. The van der Waals surface area contributed by atoms with Crippen molar-refractivity contribution < 1.29 is 22.6 Å². The lowest BCUT2D eigenvalue weighted by atomic mass is 10.0. The van der Waals surface area contributed by atoms with Gasteiger partial charge in [-0.2, -0.15) is 23.0 Å². The monoisotopic (exact) mass is 431 g/mol.